The molecule has 0 fully saturated rings. The number of nitrogens with zero attached hydrogens (tertiary/aromatic N) is 1. The second kappa shape index (κ2) is 9.08. The van der Waals surface area contributed by atoms with Crippen LogP contribution in [0.25, 0.3) is 0 Å². The third-order valence-electron chi connectivity index (χ3n) is 5.53. The number of benzene rings is 2. The smallest absolute Gasteiger partial charge is 0.163 e. The van der Waals surface area contributed by atoms with Crippen LogP contribution in [-0.2, 0) is 25.7 Å². The van der Waals surface area contributed by atoms with Gasteiger partial charge in [0.2, 0.25) is 0 Å². The van der Waals surface area contributed by atoms with Gasteiger partial charge < -0.3 is 9.72 Å². The molecule has 3 aromatic rings. The summed E-state index contributed by atoms with van der Waals surface area (Å²) in [6.07, 6.45) is 8.09. The highest BCUT2D eigenvalue weighted by atomic mass is 16.5. The standard InChI is InChI=1S/C25H28N2O2/c1-2-7-22-20-10-6-11-23(28)21(20)12-13-24(22)29-15-14-25-26-17-19(27-25)16-18-8-4-3-5-9-18/h3-5,8-9,12-13,17H,2,6-7,10-11,14-16H2,1H3,(H,26,27). The van der Waals surface area contributed by atoms with Gasteiger partial charge in [-0.05, 0) is 48.1 Å². The number of Topliss-reactive ketones (excluding diaryl/α,β-unsaturated/α-hetero) is 1. The number of ether oxygens (including phenoxy) is 1. The van der Waals surface area contributed by atoms with Crippen molar-refractivity contribution in [2.24, 2.45) is 0 Å². The molecule has 0 unspecified atom stereocenters. The number of nitrogens with one attached hydrogen (secondary N) is 1. The van der Waals surface area contributed by atoms with Crippen molar-refractivity contribution in [1.29, 1.82) is 0 Å². The van der Waals surface area contributed by atoms with Gasteiger partial charge in [0, 0.05) is 36.7 Å². The first kappa shape index (κ1) is 19.4. The van der Waals surface area contributed by atoms with E-state index in [1.807, 2.05) is 24.4 Å². The summed E-state index contributed by atoms with van der Waals surface area (Å²) in [6, 6.07) is 14.3. The van der Waals surface area contributed by atoms with E-state index in [2.05, 4.69) is 41.2 Å². The number of hydrogen-bond acceptors (Lipinski definition) is 3. The zero-order valence-corrected chi connectivity index (χ0v) is 17.0. The number of carbonyl (C=O) groups excluding carboxylic acids is 1. The van der Waals surface area contributed by atoms with Gasteiger partial charge in [0.15, 0.2) is 5.78 Å². The summed E-state index contributed by atoms with van der Waals surface area (Å²) >= 11 is 0. The van der Waals surface area contributed by atoms with Crippen molar-refractivity contribution in [3.05, 3.63) is 82.4 Å². The molecule has 150 valence electrons. The van der Waals surface area contributed by atoms with Crippen LogP contribution in [-0.4, -0.2) is 22.4 Å². The van der Waals surface area contributed by atoms with Gasteiger partial charge in [-0.1, -0.05) is 43.7 Å². The van der Waals surface area contributed by atoms with Crippen molar-refractivity contribution in [3.8, 4) is 5.75 Å². The molecule has 1 aliphatic rings. The predicted molar refractivity (Wildman–Crippen MR) is 115 cm³/mol. The maximum atomic E-state index is 12.2. The molecule has 4 rings (SSSR count). The maximum absolute atomic E-state index is 12.2. The molecule has 1 heterocycles. The molecule has 0 bridgehead atoms. The number of hydrogen-bond donors (Lipinski definition) is 1. The fourth-order valence-electron chi connectivity index (χ4n) is 4.13. The number of fused-ring (bicyclic) bond motifs is 1. The molecule has 29 heavy (non-hydrogen) atoms. The highest BCUT2D eigenvalue weighted by molar-refractivity contribution is 5.99. The molecular formula is C25H28N2O2. The summed E-state index contributed by atoms with van der Waals surface area (Å²) in [5, 5.41) is 0. The van der Waals surface area contributed by atoms with Crippen molar-refractivity contribution in [2.45, 2.75) is 51.9 Å². The molecular weight excluding hydrogens is 360 g/mol. The van der Waals surface area contributed by atoms with E-state index in [0.29, 0.717) is 13.0 Å². The second-order valence-corrected chi connectivity index (χ2v) is 7.71. The van der Waals surface area contributed by atoms with Crippen LogP contribution in [0, 0.1) is 0 Å². The van der Waals surface area contributed by atoms with E-state index in [0.717, 1.165) is 61.4 Å². The van der Waals surface area contributed by atoms with E-state index in [1.54, 1.807) is 0 Å². The zero-order valence-electron chi connectivity index (χ0n) is 17.0. The number of H-pyrrole nitrogens is 1. The molecule has 4 nitrogen and oxygen atoms in total. The molecule has 0 aliphatic heterocycles. The highest BCUT2D eigenvalue weighted by Crippen LogP contribution is 2.32. The number of ketones is 1. The Kier molecular flexibility index (Phi) is 6.09. The van der Waals surface area contributed by atoms with Crippen LogP contribution in [0.3, 0.4) is 0 Å². The van der Waals surface area contributed by atoms with E-state index in [9.17, 15) is 4.79 Å². The number of rotatable bonds is 8. The minimum absolute atomic E-state index is 0.275. The lowest BCUT2D eigenvalue weighted by Crippen LogP contribution is -2.15. The van der Waals surface area contributed by atoms with E-state index in [4.69, 9.17) is 4.74 Å². The summed E-state index contributed by atoms with van der Waals surface area (Å²) in [5.41, 5.74) is 5.73. The number of imidazole rings is 1. The number of aromatic nitrogens is 2. The molecule has 0 spiro atoms. The van der Waals surface area contributed by atoms with Gasteiger partial charge in [-0.15, -0.1) is 0 Å². The Labute approximate surface area is 172 Å². The van der Waals surface area contributed by atoms with Crippen LogP contribution in [0.4, 0.5) is 0 Å². The quantitative estimate of drug-likeness (QED) is 0.584. The van der Waals surface area contributed by atoms with Gasteiger partial charge in [0.05, 0.1) is 6.61 Å². The monoisotopic (exact) mass is 388 g/mol. The van der Waals surface area contributed by atoms with E-state index < -0.39 is 0 Å². The second-order valence-electron chi connectivity index (χ2n) is 7.71. The summed E-state index contributed by atoms with van der Waals surface area (Å²) in [5.74, 6) is 2.15. The van der Waals surface area contributed by atoms with Crippen LogP contribution >= 0.6 is 0 Å². The van der Waals surface area contributed by atoms with E-state index in [-0.39, 0.29) is 5.78 Å². The Morgan fingerprint density at radius 3 is 2.76 bits per heavy atom. The number of aromatic amines is 1. The van der Waals surface area contributed by atoms with Gasteiger partial charge in [0.1, 0.15) is 11.6 Å². The lowest BCUT2D eigenvalue weighted by Gasteiger charge is -2.21. The first-order chi connectivity index (χ1) is 14.2. The fourth-order valence-corrected chi connectivity index (χ4v) is 4.13. The third kappa shape index (κ3) is 4.58. The largest absolute Gasteiger partial charge is 0.493 e. The molecule has 1 aliphatic carbocycles. The van der Waals surface area contributed by atoms with Crippen molar-refractivity contribution in [2.75, 3.05) is 6.61 Å². The highest BCUT2D eigenvalue weighted by Gasteiger charge is 2.22. The van der Waals surface area contributed by atoms with Gasteiger partial charge >= 0.3 is 0 Å². The normalized spacial score (nSPS) is 13.3. The first-order valence-corrected chi connectivity index (χ1v) is 10.6. The Morgan fingerprint density at radius 2 is 1.93 bits per heavy atom. The van der Waals surface area contributed by atoms with Crippen molar-refractivity contribution >= 4 is 5.78 Å². The SMILES string of the molecule is CCCc1c(OCCc2ncc(Cc3ccccc3)[nH]2)ccc2c1CCCC2=O. The Balaban J connectivity index is 1.40. The summed E-state index contributed by atoms with van der Waals surface area (Å²) in [6.45, 7) is 2.74. The minimum atomic E-state index is 0.275. The van der Waals surface area contributed by atoms with Gasteiger partial charge in [-0.2, -0.15) is 0 Å². The van der Waals surface area contributed by atoms with E-state index >= 15 is 0 Å². The van der Waals surface area contributed by atoms with E-state index in [1.165, 1.54) is 16.7 Å². The Morgan fingerprint density at radius 1 is 1.07 bits per heavy atom. The van der Waals surface area contributed by atoms with Gasteiger partial charge in [-0.25, -0.2) is 4.98 Å². The van der Waals surface area contributed by atoms with Crippen LogP contribution in [0.15, 0.2) is 48.7 Å². The lowest BCUT2D eigenvalue weighted by atomic mass is 9.85. The van der Waals surface area contributed by atoms with Gasteiger partial charge in [0.25, 0.3) is 0 Å². The molecule has 1 aromatic heterocycles. The predicted octanol–water partition coefficient (Wildman–Crippen LogP) is 5.09. The molecule has 0 radical (unpaired) electrons. The average molecular weight is 389 g/mol. The van der Waals surface area contributed by atoms with Crippen LogP contribution in [0.2, 0.25) is 0 Å². The fraction of sp³-hybridized carbons (Fsp3) is 0.360. The van der Waals surface area contributed by atoms with Crippen LogP contribution in [0.5, 0.6) is 5.75 Å². The van der Waals surface area contributed by atoms with Crippen LogP contribution < -0.4 is 4.74 Å². The van der Waals surface area contributed by atoms with Crippen molar-refractivity contribution in [1.82, 2.24) is 9.97 Å². The average Bonchev–Trinajstić information content (AvgIpc) is 3.18. The molecule has 0 atom stereocenters. The lowest BCUT2D eigenvalue weighted by molar-refractivity contribution is 0.0972. The third-order valence-corrected chi connectivity index (χ3v) is 5.53. The summed E-state index contributed by atoms with van der Waals surface area (Å²) in [4.78, 5) is 20.1. The van der Waals surface area contributed by atoms with Crippen LogP contribution in [0.1, 0.15) is 64.8 Å². The molecule has 0 amide bonds. The maximum Gasteiger partial charge on any atom is 0.163 e. The van der Waals surface area contributed by atoms with Crippen molar-refractivity contribution in [3.63, 3.8) is 0 Å². The topological polar surface area (TPSA) is 55.0 Å². The molecule has 0 saturated heterocycles. The molecule has 4 heteroatoms. The first-order valence-electron chi connectivity index (χ1n) is 10.6. The molecule has 1 N–H and O–H groups in total. The van der Waals surface area contributed by atoms with Crippen molar-refractivity contribution < 1.29 is 9.53 Å². The molecule has 2 aromatic carbocycles. The Hall–Kier alpha value is -2.88. The minimum Gasteiger partial charge on any atom is -0.493 e. The summed E-state index contributed by atoms with van der Waals surface area (Å²) in [7, 11) is 0. The summed E-state index contributed by atoms with van der Waals surface area (Å²) < 4.78 is 6.15. The Bertz CT molecular complexity index is 976. The zero-order chi connectivity index (χ0) is 20.1. The molecule has 0 saturated carbocycles. The van der Waals surface area contributed by atoms with Gasteiger partial charge in [-0.3, -0.25) is 4.79 Å². The number of carbonyl (C=O) groups is 1.